The van der Waals surface area contributed by atoms with E-state index in [1.807, 2.05) is 29.0 Å². The molecule has 3 nitrogen and oxygen atoms in total. The van der Waals surface area contributed by atoms with Crippen LogP contribution in [0.4, 0.5) is 0 Å². The molecule has 0 bridgehead atoms. The van der Waals surface area contributed by atoms with E-state index in [0.29, 0.717) is 11.4 Å². The van der Waals surface area contributed by atoms with Gasteiger partial charge in [0.15, 0.2) is 0 Å². The van der Waals surface area contributed by atoms with Gasteiger partial charge in [-0.05, 0) is 52.9 Å². The Kier molecular flexibility index (Phi) is 4.49. The smallest absolute Gasteiger partial charge is 0.207 e. The highest BCUT2D eigenvalue weighted by molar-refractivity contribution is 9.08. The Balaban J connectivity index is 1.93. The first kappa shape index (κ1) is 15.2. The minimum atomic E-state index is -3.42. The lowest BCUT2D eigenvalue weighted by Gasteiger charge is -2.23. The number of hydrogen-bond donors (Lipinski definition) is 0. The fraction of sp³-hybridized carbons (Fsp3) is 0.333. The highest BCUT2D eigenvalue weighted by Crippen LogP contribution is 2.37. The summed E-state index contributed by atoms with van der Waals surface area (Å²) in [4.78, 5) is 0.384. The predicted octanol–water partition coefficient (Wildman–Crippen LogP) is 4.17. The molecule has 0 saturated carbocycles. The van der Waals surface area contributed by atoms with Gasteiger partial charge < -0.3 is 0 Å². The molecule has 1 fully saturated rings. The van der Waals surface area contributed by atoms with E-state index in [1.54, 1.807) is 27.8 Å². The summed E-state index contributed by atoms with van der Waals surface area (Å²) in [6.07, 6.45) is 1.81. The van der Waals surface area contributed by atoms with Crippen molar-refractivity contribution in [1.82, 2.24) is 4.31 Å². The van der Waals surface area contributed by atoms with Crippen LogP contribution >= 0.6 is 27.3 Å². The largest absolute Gasteiger partial charge is 0.243 e. The third-order valence-corrected chi connectivity index (χ3v) is 7.09. The summed E-state index contributed by atoms with van der Waals surface area (Å²) in [6, 6.07) is 9.13. The van der Waals surface area contributed by atoms with Gasteiger partial charge in [0.05, 0.1) is 10.9 Å². The van der Waals surface area contributed by atoms with Gasteiger partial charge in [0.2, 0.25) is 10.0 Å². The molecular formula is C15H16BrNO2S2. The van der Waals surface area contributed by atoms with Gasteiger partial charge in [0.1, 0.15) is 0 Å². The minimum Gasteiger partial charge on any atom is -0.207 e. The van der Waals surface area contributed by atoms with Gasteiger partial charge in [-0.3, -0.25) is 0 Å². The van der Waals surface area contributed by atoms with Gasteiger partial charge >= 0.3 is 0 Å². The van der Waals surface area contributed by atoms with E-state index in [1.165, 1.54) is 0 Å². The van der Waals surface area contributed by atoms with E-state index in [2.05, 4.69) is 15.9 Å². The molecule has 1 aromatic heterocycles. The second-order valence-corrected chi connectivity index (χ2v) is 8.34. The van der Waals surface area contributed by atoms with Crippen LogP contribution in [-0.2, 0) is 15.4 Å². The van der Waals surface area contributed by atoms with Crippen LogP contribution in [-0.4, -0.2) is 19.3 Å². The molecule has 1 aromatic carbocycles. The molecule has 112 valence electrons. The Hall–Kier alpha value is -0.690. The molecule has 2 aromatic rings. The van der Waals surface area contributed by atoms with E-state index in [9.17, 15) is 8.42 Å². The van der Waals surface area contributed by atoms with Crippen molar-refractivity contribution < 1.29 is 8.42 Å². The van der Waals surface area contributed by atoms with Crippen LogP contribution in [0.1, 0.15) is 30.0 Å². The first-order valence-electron chi connectivity index (χ1n) is 6.82. The lowest BCUT2D eigenvalue weighted by Crippen LogP contribution is -2.30. The molecule has 0 amide bonds. The predicted molar refractivity (Wildman–Crippen MR) is 89.3 cm³/mol. The molecular weight excluding hydrogens is 370 g/mol. The van der Waals surface area contributed by atoms with Crippen LogP contribution in [0.2, 0.25) is 0 Å². The molecule has 1 atom stereocenters. The Bertz CT molecular complexity index is 696. The number of sulfonamides is 1. The van der Waals surface area contributed by atoms with E-state index < -0.39 is 10.0 Å². The Morgan fingerprint density at radius 1 is 1.24 bits per heavy atom. The van der Waals surface area contributed by atoms with Gasteiger partial charge in [0.25, 0.3) is 0 Å². The van der Waals surface area contributed by atoms with Crippen LogP contribution in [0.5, 0.6) is 0 Å². The van der Waals surface area contributed by atoms with Gasteiger partial charge in [-0.2, -0.15) is 15.6 Å². The molecule has 21 heavy (non-hydrogen) atoms. The summed E-state index contributed by atoms with van der Waals surface area (Å²) < 4.78 is 27.4. The maximum absolute atomic E-state index is 12.9. The molecule has 6 heteroatoms. The summed E-state index contributed by atoms with van der Waals surface area (Å²) in [5.41, 5.74) is 2.18. The van der Waals surface area contributed by atoms with E-state index >= 15 is 0 Å². The topological polar surface area (TPSA) is 37.4 Å². The van der Waals surface area contributed by atoms with Crippen molar-refractivity contribution in [2.75, 3.05) is 6.54 Å². The number of alkyl halides is 1. The van der Waals surface area contributed by atoms with Gasteiger partial charge in [-0.25, -0.2) is 8.42 Å². The van der Waals surface area contributed by atoms with Gasteiger partial charge in [-0.15, -0.1) is 0 Å². The zero-order valence-electron chi connectivity index (χ0n) is 11.4. The van der Waals surface area contributed by atoms with Crippen molar-refractivity contribution in [3.05, 3.63) is 52.2 Å². The van der Waals surface area contributed by atoms with Crippen LogP contribution in [0.3, 0.4) is 0 Å². The van der Waals surface area contributed by atoms with E-state index in [-0.39, 0.29) is 6.04 Å². The third-order valence-electron chi connectivity index (χ3n) is 3.82. The summed E-state index contributed by atoms with van der Waals surface area (Å²) in [5, 5.41) is 4.78. The Morgan fingerprint density at radius 3 is 2.62 bits per heavy atom. The molecule has 0 radical (unpaired) electrons. The SMILES string of the molecule is O=S(=O)(c1ccc(CBr)cc1)N1CCCC1c1ccsc1. The monoisotopic (exact) mass is 385 g/mol. The second-order valence-electron chi connectivity index (χ2n) is 5.11. The molecule has 3 rings (SSSR count). The quantitative estimate of drug-likeness (QED) is 0.740. The van der Waals surface area contributed by atoms with Crippen molar-refractivity contribution in [3.63, 3.8) is 0 Å². The zero-order chi connectivity index (χ0) is 14.9. The molecule has 1 saturated heterocycles. The van der Waals surface area contributed by atoms with Gasteiger partial charge in [0, 0.05) is 11.9 Å². The van der Waals surface area contributed by atoms with E-state index in [4.69, 9.17) is 0 Å². The summed E-state index contributed by atoms with van der Waals surface area (Å²) in [7, 11) is -3.42. The van der Waals surface area contributed by atoms with Crippen molar-refractivity contribution in [3.8, 4) is 0 Å². The fourth-order valence-corrected chi connectivity index (χ4v) is 5.47. The third kappa shape index (κ3) is 2.95. The summed E-state index contributed by atoms with van der Waals surface area (Å²) >= 11 is 4.99. The lowest BCUT2D eigenvalue weighted by atomic mass is 10.1. The summed E-state index contributed by atoms with van der Waals surface area (Å²) in [6.45, 7) is 0.600. The average Bonchev–Trinajstić information content (AvgIpc) is 3.17. The Morgan fingerprint density at radius 2 is 2.00 bits per heavy atom. The standard InChI is InChI=1S/C15H16BrNO2S2/c16-10-12-3-5-14(6-4-12)21(18,19)17-8-1-2-15(17)13-7-9-20-11-13/h3-7,9,11,15H,1-2,8,10H2. The summed E-state index contributed by atoms with van der Waals surface area (Å²) in [5.74, 6) is 0. The highest BCUT2D eigenvalue weighted by atomic mass is 79.9. The number of benzene rings is 1. The van der Waals surface area contributed by atoms with Gasteiger partial charge in [-0.1, -0.05) is 28.1 Å². The van der Waals surface area contributed by atoms with Crippen LogP contribution in [0.15, 0.2) is 46.0 Å². The fourth-order valence-electron chi connectivity index (χ4n) is 2.71. The van der Waals surface area contributed by atoms with Crippen molar-refractivity contribution in [1.29, 1.82) is 0 Å². The highest BCUT2D eigenvalue weighted by Gasteiger charge is 2.36. The molecule has 0 aliphatic carbocycles. The molecule has 0 N–H and O–H groups in total. The molecule has 1 aliphatic rings. The Labute approximate surface area is 137 Å². The van der Waals surface area contributed by atoms with Crippen molar-refractivity contribution in [2.24, 2.45) is 0 Å². The number of nitrogens with zero attached hydrogens (tertiary/aromatic N) is 1. The number of hydrogen-bond acceptors (Lipinski definition) is 3. The van der Waals surface area contributed by atoms with Crippen LogP contribution in [0.25, 0.3) is 0 Å². The maximum atomic E-state index is 12.9. The van der Waals surface area contributed by atoms with Crippen molar-refractivity contribution >= 4 is 37.3 Å². The minimum absolute atomic E-state index is 0.0166. The van der Waals surface area contributed by atoms with E-state index in [0.717, 1.165) is 29.3 Å². The number of halogens is 1. The normalized spacial score (nSPS) is 20.0. The lowest BCUT2D eigenvalue weighted by molar-refractivity contribution is 0.397. The second kappa shape index (κ2) is 6.20. The number of rotatable bonds is 4. The van der Waals surface area contributed by atoms with Crippen LogP contribution < -0.4 is 0 Å². The maximum Gasteiger partial charge on any atom is 0.243 e. The average molecular weight is 386 g/mol. The number of thiophene rings is 1. The molecule has 0 spiro atoms. The first-order valence-corrected chi connectivity index (χ1v) is 10.3. The first-order chi connectivity index (χ1) is 10.1. The van der Waals surface area contributed by atoms with Crippen LogP contribution in [0, 0.1) is 0 Å². The molecule has 1 unspecified atom stereocenters. The molecule has 2 heterocycles. The zero-order valence-corrected chi connectivity index (χ0v) is 14.6. The molecule has 1 aliphatic heterocycles. The van der Waals surface area contributed by atoms with Crippen molar-refractivity contribution in [2.45, 2.75) is 29.1 Å².